The molecule has 2 atom stereocenters. The summed E-state index contributed by atoms with van der Waals surface area (Å²) in [5, 5.41) is 11.7. The summed E-state index contributed by atoms with van der Waals surface area (Å²) in [5.74, 6) is 0.157. The molecule has 1 N–H and O–H groups in total. The van der Waals surface area contributed by atoms with Crippen LogP contribution in [0.2, 0.25) is 0 Å². The third kappa shape index (κ3) is 3.05. The highest BCUT2D eigenvalue weighted by Gasteiger charge is 2.67. The van der Waals surface area contributed by atoms with Crippen molar-refractivity contribution in [2.24, 2.45) is 0 Å². The molecule has 0 aromatic heterocycles. The molecular formula is C24H17Br2ClO5. The number of hydrogen-bond donors (Lipinski definition) is 1. The smallest absolute Gasteiger partial charge is 0.214 e. The van der Waals surface area contributed by atoms with Gasteiger partial charge in [-0.2, -0.15) is 0 Å². The first-order valence-electron chi connectivity index (χ1n) is 10.0. The van der Waals surface area contributed by atoms with Crippen molar-refractivity contribution in [3.05, 3.63) is 72.8 Å². The molecule has 32 heavy (non-hydrogen) atoms. The Bertz CT molecular complexity index is 1270. The molecule has 0 unspecified atom stereocenters. The van der Waals surface area contributed by atoms with Crippen molar-refractivity contribution in [3.8, 4) is 11.5 Å². The van der Waals surface area contributed by atoms with Crippen LogP contribution in [-0.2, 0) is 16.0 Å². The first-order valence-corrected chi connectivity index (χ1v) is 12.0. The van der Waals surface area contributed by atoms with Crippen LogP contribution in [0.3, 0.4) is 0 Å². The summed E-state index contributed by atoms with van der Waals surface area (Å²) in [6, 6.07) is 10.9. The van der Waals surface area contributed by atoms with Crippen molar-refractivity contribution in [1.82, 2.24) is 0 Å². The lowest BCUT2D eigenvalue weighted by Crippen LogP contribution is -2.66. The number of benzene rings is 2. The van der Waals surface area contributed by atoms with E-state index in [2.05, 4.69) is 31.9 Å². The molecule has 2 aromatic rings. The van der Waals surface area contributed by atoms with Crippen LogP contribution in [0, 0.1) is 0 Å². The van der Waals surface area contributed by atoms with Gasteiger partial charge in [-0.3, -0.25) is 9.59 Å². The van der Waals surface area contributed by atoms with Crippen LogP contribution in [0.1, 0.15) is 30.9 Å². The predicted molar refractivity (Wildman–Crippen MR) is 127 cm³/mol. The maximum absolute atomic E-state index is 13.5. The molecule has 1 aliphatic carbocycles. The van der Waals surface area contributed by atoms with Gasteiger partial charge in [-0.15, -0.1) is 0 Å². The number of fused-ring (bicyclic) bond motifs is 4. The Morgan fingerprint density at radius 1 is 1.16 bits per heavy atom. The van der Waals surface area contributed by atoms with Crippen LogP contribution >= 0.6 is 43.5 Å². The fourth-order valence-electron chi connectivity index (χ4n) is 4.56. The number of ether oxygens (including phenoxy) is 2. The third-order valence-corrected chi connectivity index (χ3v) is 7.53. The minimum absolute atomic E-state index is 0.145. The average Bonchev–Trinajstić information content (AvgIpc) is 3.16. The van der Waals surface area contributed by atoms with Crippen LogP contribution in [0.4, 0.5) is 0 Å². The minimum atomic E-state index is -2.19. The van der Waals surface area contributed by atoms with Gasteiger partial charge in [0.25, 0.3) is 0 Å². The maximum Gasteiger partial charge on any atom is 0.214 e. The summed E-state index contributed by atoms with van der Waals surface area (Å²) in [5.41, 5.74) is -1.78. The van der Waals surface area contributed by atoms with Crippen LogP contribution in [0.25, 0.3) is 6.08 Å². The Morgan fingerprint density at radius 2 is 1.84 bits per heavy atom. The number of carbonyl (C=O) groups excluding carboxylic acids is 2. The van der Waals surface area contributed by atoms with Crippen molar-refractivity contribution in [3.63, 3.8) is 0 Å². The standard InChI is InChI=1S/C24H17Br2ClO5/c1-2-16(28)11-23(30)22(29)20(27)21-17(9-12-7-14(25)3-5-18(12)31-21)24(23)10-13-8-15(26)4-6-19(13)32-24/h3-9,30H,2,10-11H2,1H3/t23-,24+/m1/s1. The van der Waals surface area contributed by atoms with Gasteiger partial charge in [-0.25, -0.2) is 0 Å². The van der Waals surface area contributed by atoms with E-state index in [0.29, 0.717) is 17.1 Å². The molecule has 0 radical (unpaired) electrons. The van der Waals surface area contributed by atoms with Gasteiger partial charge in [0.2, 0.25) is 5.78 Å². The number of Topliss-reactive ketones (excluding diaryl/α,β-unsaturated/α-hetero) is 2. The first-order chi connectivity index (χ1) is 15.2. The molecule has 5 rings (SSSR count). The van der Waals surface area contributed by atoms with Crippen molar-refractivity contribution >= 4 is 61.1 Å². The summed E-state index contributed by atoms with van der Waals surface area (Å²) in [6.07, 6.45) is 1.75. The molecule has 8 heteroatoms. The van der Waals surface area contributed by atoms with E-state index < -0.39 is 23.4 Å². The normalized spacial score (nSPS) is 25.5. The monoisotopic (exact) mass is 578 g/mol. The molecule has 0 saturated carbocycles. The van der Waals surface area contributed by atoms with Crippen LogP contribution in [0.15, 0.2) is 61.7 Å². The molecule has 1 spiro atoms. The summed E-state index contributed by atoms with van der Waals surface area (Å²) in [6.45, 7) is 1.69. The highest BCUT2D eigenvalue weighted by Crippen LogP contribution is 2.56. The zero-order valence-corrected chi connectivity index (χ0v) is 20.8. The summed E-state index contributed by atoms with van der Waals surface area (Å²) >= 11 is 13.4. The summed E-state index contributed by atoms with van der Waals surface area (Å²) in [7, 11) is 0. The minimum Gasteiger partial charge on any atom is -0.478 e. The lowest BCUT2D eigenvalue weighted by Gasteiger charge is -2.48. The zero-order valence-electron chi connectivity index (χ0n) is 16.9. The molecule has 3 aliphatic rings. The van der Waals surface area contributed by atoms with Gasteiger partial charge in [-0.1, -0.05) is 50.4 Å². The molecule has 0 amide bonds. The van der Waals surface area contributed by atoms with Gasteiger partial charge in [0, 0.05) is 39.3 Å². The lowest BCUT2D eigenvalue weighted by molar-refractivity contribution is -0.161. The molecule has 0 fully saturated rings. The second kappa shape index (κ2) is 7.55. The Hall–Kier alpha value is -1.93. The van der Waals surface area contributed by atoms with Crippen LogP contribution in [-0.4, -0.2) is 27.9 Å². The largest absolute Gasteiger partial charge is 0.478 e. The molecule has 0 saturated heterocycles. The van der Waals surface area contributed by atoms with E-state index >= 15 is 0 Å². The Kier molecular flexibility index (Phi) is 5.17. The second-order valence-corrected chi connectivity index (χ2v) is 10.3. The molecule has 5 nitrogen and oxygen atoms in total. The van der Waals surface area contributed by atoms with E-state index in [1.165, 1.54) is 0 Å². The number of carbonyl (C=O) groups is 2. The van der Waals surface area contributed by atoms with E-state index in [0.717, 1.165) is 20.1 Å². The molecule has 2 aliphatic heterocycles. The SMILES string of the molecule is CCC(=O)C[C@@]1(O)C(=O)C(Cl)=C2Oc3ccc(Br)cc3C=C2[C@@]12Cc1cc(Br)ccc1O2. The van der Waals surface area contributed by atoms with Crippen LogP contribution in [0.5, 0.6) is 11.5 Å². The average molecular weight is 581 g/mol. The van der Waals surface area contributed by atoms with Gasteiger partial charge >= 0.3 is 0 Å². The Labute approximate surface area is 206 Å². The summed E-state index contributed by atoms with van der Waals surface area (Å²) < 4.78 is 14.1. The number of hydrogen-bond acceptors (Lipinski definition) is 5. The summed E-state index contributed by atoms with van der Waals surface area (Å²) in [4.78, 5) is 26.0. The lowest BCUT2D eigenvalue weighted by atomic mass is 9.65. The second-order valence-electron chi connectivity index (χ2n) is 8.10. The molecule has 2 aromatic carbocycles. The van der Waals surface area contributed by atoms with Crippen molar-refractivity contribution in [1.29, 1.82) is 0 Å². The fraction of sp³-hybridized carbons (Fsp3) is 0.250. The van der Waals surface area contributed by atoms with Crippen molar-refractivity contribution < 1.29 is 24.2 Å². The van der Waals surface area contributed by atoms with Crippen molar-refractivity contribution in [2.75, 3.05) is 0 Å². The topological polar surface area (TPSA) is 72.8 Å². The van der Waals surface area contributed by atoms with E-state index in [-0.39, 0.29) is 29.4 Å². The molecule has 2 heterocycles. The first kappa shape index (κ1) is 21.9. The number of rotatable bonds is 3. The number of halogens is 3. The van der Waals surface area contributed by atoms with Gasteiger partial charge in [0.1, 0.15) is 22.3 Å². The van der Waals surface area contributed by atoms with Gasteiger partial charge in [-0.05, 0) is 48.0 Å². The van der Waals surface area contributed by atoms with E-state index in [9.17, 15) is 14.7 Å². The van der Waals surface area contributed by atoms with E-state index in [1.54, 1.807) is 19.1 Å². The van der Waals surface area contributed by atoms with Crippen LogP contribution < -0.4 is 9.47 Å². The third-order valence-electron chi connectivity index (χ3n) is 6.20. The molecular weight excluding hydrogens is 564 g/mol. The number of ketones is 2. The zero-order chi connectivity index (χ0) is 22.8. The van der Waals surface area contributed by atoms with Gasteiger partial charge in [0.15, 0.2) is 17.0 Å². The predicted octanol–water partition coefficient (Wildman–Crippen LogP) is 5.49. The number of aliphatic hydroxyl groups is 1. The highest BCUT2D eigenvalue weighted by molar-refractivity contribution is 9.10. The Morgan fingerprint density at radius 3 is 2.56 bits per heavy atom. The van der Waals surface area contributed by atoms with E-state index in [4.69, 9.17) is 21.1 Å². The van der Waals surface area contributed by atoms with Gasteiger partial charge < -0.3 is 14.6 Å². The molecule has 0 bridgehead atoms. The van der Waals surface area contributed by atoms with Crippen molar-refractivity contribution in [2.45, 2.75) is 37.4 Å². The van der Waals surface area contributed by atoms with E-state index in [1.807, 2.05) is 30.3 Å². The van der Waals surface area contributed by atoms with Gasteiger partial charge in [0.05, 0.1) is 0 Å². The fourth-order valence-corrected chi connectivity index (χ4v) is 5.64. The highest BCUT2D eigenvalue weighted by atomic mass is 79.9. The molecule has 164 valence electrons. The Balaban J connectivity index is 1.79. The maximum atomic E-state index is 13.5. The quantitative estimate of drug-likeness (QED) is 0.520.